The summed E-state index contributed by atoms with van der Waals surface area (Å²) < 4.78 is 11.3. The van der Waals surface area contributed by atoms with E-state index in [4.69, 9.17) is 9.47 Å². The van der Waals surface area contributed by atoms with Crippen molar-refractivity contribution in [2.45, 2.75) is 371 Å². The molecule has 1 fully saturated rings. The second-order valence-corrected chi connectivity index (χ2v) is 24.0. The molecule has 1 rings (SSSR count). The molecule has 0 bridgehead atoms. The molecule has 0 aliphatic carbocycles. The van der Waals surface area contributed by atoms with Crippen molar-refractivity contribution in [3.8, 4) is 0 Å². The van der Waals surface area contributed by atoms with Crippen LogP contribution in [0.3, 0.4) is 0 Å². The van der Waals surface area contributed by atoms with Crippen LogP contribution in [0.2, 0.25) is 0 Å². The van der Waals surface area contributed by atoms with Gasteiger partial charge in [-0.1, -0.05) is 312 Å². The molecular formula is C71H131NO8. The fraction of sp³-hybridized carbons (Fsp3) is 0.845. The van der Waals surface area contributed by atoms with Crippen molar-refractivity contribution in [2.75, 3.05) is 13.2 Å². The Hall–Kier alpha value is -2.11. The minimum atomic E-state index is -1.57. The van der Waals surface area contributed by atoms with Crippen LogP contribution in [-0.4, -0.2) is 87.5 Å². The molecule has 1 saturated heterocycles. The molecule has 9 heteroatoms. The maximum Gasteiger partial charge on any atom is 0.220 e. The van der Waals surface area contributed by atoms with Crippen molar-refractivity contribution in [1.82, 2.24) is 5.32 Å². The van der Waals surface area contributed by atoms with Crippen molar-refractivity contribution in [3.05, 3.63) is 60.8 Å². The third kappa shape index (κ3) is 48.3. The fourth-order valence-corrected chi connectivity index (χ4v) is 10.9. The van der Waals surface area contributed by atoms with E-state index in [0.29, 0.717) is 6.42 Å². The molecule has 80 heavy (non-hydrogen) atoms. The standard InChI is InChI=1S/C71H131NO8/c1-3-5-7-9-11-13-15-17-19-21-23-25-27-28-29-30-31-32-33-34-35-36-37-38-39-41-43-45-47-49-51-53-55-57-59-61-67(75)72-64(63-79-71-70(78)69(77)68(76)66(62-73)80-71)65(74)60-58-56-54-52-50-48-46-44-42-40-26-24-22-20-18-16-14-12-10-8-6-4-2/h15,17,21,23,27-28,50,52,58,60,64-66,68-71,73-74,76-78H,3-14,16,18-20,22,24-26,29-49,51,53-57,59,61-63H2,1-2H3,(H,72,75)/b17-15-,23-21-,28-27-,52-50+,60-58+. The number of carbonyl (C=O) groups is 1. The molecule has 1 heterocycles. The van der Waals surface area contributed by atoms with E-state index in [1.165, 1.54) is 257 Å². The third-order valence-electron chi connectivity index (χ3n) is 16.3. The van der Waals surface area contributed by atoms with Crippen LogP contribution in [0.4, 0.5) is 0 Å². The van der Waals surface area contributed by atoms with E-state index in [9.17, 15) is 30.3 Å². The van der Waals surface area contributed by atoms with Gasteiger partial charge in [0.2, 0.25) is 5.91 Å². The van der Waals surface area contributed by atoms with E-state index < -0.39 is 49.5 Å². The third-order valence-corrected chi connectivity index (χ3v) is 16.3. The normalized spacial score (nSPS) is 18.8. The summed E-state index contributed by atoms with van der Waals surface area (Å²) in [5.74, 6) is -0.182. The summed E-state index contributed by atoms with van der Waals surface area (Å²) >= 11 is 0. The van der Waals surface area contributed by atoms with Crippen molar-refractivity contribution in [2.24, 2.45) is 0 Å². The maximum absolute atomic E-state index is 13.1. The van der Waals surface area contributed by atoms with Crippen LogP contribution in [-0.2, 0) is 14.3 Å². The molecule has 0 spiro atoms. The number of ether oxygens (including phenoxy) is 2. The Bertz CT molecular complexity index is 1450. The van der Waals surface area contributed by atoms with E-state index in [-0.39, 0.29) is 12.5 Å². The number of hydrogen-bond acceptors (Lipinski definition) is 8. The van der Waals surface area contributed by atoms with Gasteiger partial charge in [0, 0.05) is 6.42 Å². The Kier molecular flexibility index (Phi) is 57.0. The number of unbranched alkanes of at least 4 members (excludes halogenated alkanes) is 42. The molecule has 7 unspecified atom stereocenters. The Morgan fingerprint density at radius 3 is 1.14 bits per heavy atom. The second-order valence-electron chi connectivity index (χ2n) is 24.0. The van der Waals surface area contributed by atoms with Gasteiger partial charge in [0.05, 0.1) is 25.4 Å². The molecule has 1 aliphatic heterocycles. The molecule has 0 radical (unpaired) electrons. The van der Waals surface area contributed by atoms with Gasteiger partial charge in [-0.3, -0.25) is 4.79 Å². The molecule has 0 aromatic rings. The second kappa shape index (κ2) is 60.0. The summed E-state index contributed by atoms with van der Waals surface area (Å²) in [7, 11) is 0. The lowest BCUT2D eigenvalue weighted by Crippen LogP contribution is -2.60. The number of amides is 1. The van der Waals surface area contributed by atoms with Crippen molar-refractivity contribution in [1.29, 1.82) is 0 Å². The van der Waals surface area contributed by atoms with Crippen LogP contribution < -0.4 is 5.32 Å². The first-order chi connectivity index (χ1) is 39.3. The lowest BCUT2D eigenvalue weighted by molar-refractivity contribution is -0.302. The zero-order valence-corrected chi connectivity index (χ0v) is 52.3. The van der Waals surface area contributed by atoms with Gasteiger partial charge in [-0.15, -0.1) is 0 Å². The molecule has 0 aromatic carbocycles. The minimum Gasteiger partial charge on any atom is -0.394 e. The van der Waals surface area contributed by atoms with Crippen LogP contribution in [0, 0.1) is 0 Å². The van der Waals surface area contributed by atoms with Crippen LogP contribution in [0.5, 0.6) is 0 Å². The highest BCUT2D eigenvalue weighted by Crippen LogP contribution is 2.23. The lowest BCUT2D eigenvalue weighted by atomic mass is 9.99. The summed E-state index contributed by atoms with van der Waals surface area (Å²) in [5.41, 5.74) is 0. The molecule has 1 aliphatic rings. The van der Waals surface area contributed by atoms with Crippen LogP contribution >= 0.6 is 0 Å². The molecule has 0 aromatic heterocycles. The average Bonchev–Trinajstić information content (AvgIpc) is 3.46. The summed E-state index contributed by atoms with van der Waals surface area (Å²) in [6.45, 7) is 3.79. The predicted molar refractivity (Wildman–Crippen MR) is 341 cm³/mol. The molecule has 6 N–H and O–H groups in total. The Balaban J connectivity index is 2.12. The van der Waals surface area contributed by atoms with Gasteiger partial charge < -0.3 is 40.3 Å². The maximum atomic E-state index is 13.1. The van der Waals surface area contributed by atoms with Gasteiger partial charge in [0.1, 0.15) is 24.4 Å². The lowest BCUT2D eigenvalue weighted by Gasteiger charge is -2.40. The zero-order chi connectivity index (χ0) is 57.9. The molecular weight excluding hydrogens is 995 g/mol. The van der Waals surface area contributed by atoms with E-state index in [1.54, 1.807) is 6.08 Å². The molecule has 468 valence electrons. The fourth-order valence-electron chi connectivity index (χ4n) is 10.9. The van der Waals surface area contributed by atoms with Gasteiger partial charge in [-0.05, 0) is 70.6 Å². The SMILES string of the molecule is CCCCCCC/C=C\C/C=C\C/C=C\CCCCCCCCCCCCCCCCCCCCCCC(=O)NC(COC1OC(CO)C(O)C(O)C1O)C(O)/C=C/CC/C=C/CCCCCCCCCCCCCCCCCC. The highest BCUT2D eigenvalue weighted by Gasteiger charge is 2.44. The number of aliphatic hydroxyl groups excluding tert-OH is 5. The zero-order valence-electron chi connectivity index (χ0n) is 52.3. The van der Waals surface area contributed by atoms with Gasteiger partial charge >= 0.3 is 0 Å². The number of aliphatic hydroxyl groups is 5. The van der Waals surface area contributed by atoms with Gasteiger partial charge in [-0.2, -0.15) is 0 Å². The predicted octanol–water partition coefficient (Wildman–Crippen LogP) is 18.6. The topological polar surface area (TPSA) is 149 Å². The highest BCUT2D eigenvalue weighted by atomic mass is 16.7. The molecule has 7 atom stereocenters. The van der Waals surface area contributed by atoms with Gasteiger partial charge in [0.25, 0.3) is 0 Å². The van der Waals surface area contributed by atoms with Crippen molar-refractivity contribution in [3.63, 3.8) is 0 Å². The number of carbonyl (C=O) groups excluding carboxylic acids is 1. The quantitative estimate of drug-likeness (QED) is 0.0261. The smallest absolute Gasteiger partial charge is 0.220 e. The average molecular weight is 1130 g/mol. The van der Waals surface area contributed by atoms with Gasteiger partial charge in [0.15, 0.2) is 6.29 Å². The Morgan fingerprint density at radius 2 is 0.750 bits per heavy atom. The van der Waals surface area contributed by atoms with E-state index in [1.807, 2.05) is 6.08 Å². The van der Waals surface area contributed by atoms with Crippen LogP contribution in [0.25, 0.3) is 0 Å². The first kappa shape index (κ1) is 75.9. The molecule has 9 nitrogen and oxygen atoms in total. The Morgan fingerprint density at radius 1 is 0.425 bits per heavy atom. The first-order valence-corrected chi connectivity index (χ1v) is 34.5. The van der Waals surface area contributed by atoms with Crippen molar-refractivity contribution < 1.29 is 39.8 Å². The summed E-state index contributed by atoms with van der Waals surface area (Å²) in [5, 5.41) is 54.7. The van der Waals surface area contributed by atoms with Gasteiger partial charge in [-0.25, -0.2) is 0 Å². The molecule has 0 saturated carbocycles. The van der Waals surface area contributed by atoms with E-state index in [0.717, 1.165) is 51.4 Å². The number of allylic oxidation sites excluding steroid dienone is 9. The highest BCUT2D eigenvalue weighted by molar-refractivity contribution is 5.76. The number of nitrogens with one attached hydrogen (secondary N) is 1. The summed E-state index contributed by atoms with van der Waals surface area (Å²) in [6, 6.07) is -0.823. The van der Waals surface area contributed by atoms with E-state index in [2.05, 4.69) is 67.8 Å². The largest absolute Gasteiger partial charge is 0.394 e. The monoisotopic (exact) mass is 1130 g/mol. The number of rotatable bonds is 60. The Labute approximate surface area is 494 Å². The summed E-state index contributed by atoms with van der Waals surface area (Å²) in [4.78, 5) is 13.1. The minimum absolute atomic E-state index is 0.182. The number of hydrogen-bond donors (Lipinski definition) is 6. The van der Waals surface area contributed by atoms with Crippen LogP contribution in [0.1, 0.15) is 328 Å². The molecule has 1 amide bonds. The van der Waals surface area contributed by atoms with Crippen molar-refractivity contribution >= 4 is 5.91 Å². The van der Waals surface area contributed by atoms with E-state index >= 15 is 0 Å². The van der Waals surface area contributed by atoms with Crippen LogP contribution in [0.15, 0.2) is 60.8 Å². The first-order valence-electron chi connectivity index (χ1n) is 34.5. The summed E-state index contributed by atoms with van der Waals surface area (Å²) in [6.07, 6.45) is 76.1.